The number of hydrazine groups is 1. The quantitative estimate of drug-likeness (QED) is 0.491. The third kappa shape index (κ3) is 2.77. The van der Waals surface area contributed by atoms with Crippen LogP contribution < -0.4 is 11.3 Å². The molecular weight excluding hydrogens is 304 g/mol. The van der Waals surface area contributed by atoms with Crippen molar-refractivity contribution in [2.24, 2.45) is 11.8 Å². The molecule has 0 atom stereocenters. The van der Waals surface area contributed by atoms with Gasteiger partial charge in [0.05, 0.1) is 4.92 Å². The number of anilines is 1. The SMILES string of the molecule is CC1CCN(S(=O)(=O)c2cc([N+](=O)[O-])c(NN)s2)CC1. The topological polar surface area (TPSA) is 119 Å². The first-order valence-corrected chi connectivity index (χ1v) is 8.37. The number of sulfonamides is 1. The van der Waals surface area contributed by atoms with Crippen molar-refractivity contribution in [3.63, 3.8) is 0 Å². The predicted octanol–water partition coefficient (Wildman–Crippen LogP) is 1.36. The number of thiophene rings is 1. The highest BCUT2D eigenvalue weighted by molar-refractivity contribution is 7.91. The maximum Gasteiger partial charge on any atom is 0.306 e. The molecule has 1 aromatic rings. The van der Waals surface area contributed by atoms with Gasteiger partial charge in [0.2, 0.25) is 0 Å². The summed E-state index contributed by atoms with van der Waals surface area (Å²) in [6.07, 6.45) is 1.60. The fourth-order valence-corrected chi connectivity index (χ4v) is 4.94. The van der Waals surface area contributed by atoms with Gasteiger partial charge in [-0.2, -0.15) is 4.31 Å². The first kappa shape index (κ1) is 15.2. The van der Waals surface area contributed by atoms with Crippen molar-refractivity contribution in [2.75, 3.05) is 18.5 Å². The van der Waals surface area contributed by atoms with E-state index in [0.29, 0.717) is 19.0 Å². The summed E-state index contributed by atoms with van der Waals surface area (Å²) >= 11 is 0.782. The number of hydrogen-bond acceptors (Lipinski definition) is 7. The van der Waals surface area contributed by atoms with E-state index in [4.69, 9.17) is 5.84 Å². The summed E-state index contributed by atoms with van der Waals surface area (Å²) in [7, 11) is -3.68. The first-order valence-electron chi connectivity index (χ1n) is 6.11. The number of nitrogen functional groups attached to an aromatic ring is 1. The van der Waals surface area contributed by atoms with Gasteiger partial charge < -0.3 is 5.43 Å². The van der Waals surface area contributed by atoms with E-state index in [1.54, 1.807) is 0 Å². The second kappa shape index (κ2) is 5.64. The number of nitrogens with one attached hydrogen (secondary N) is 1. The molecule has 10 heteroatoms. The molecule has 0 unspecified atom stereocenters. The molecule has 1 aliphatic heterocycles. The molecule has 20 heavy (non-hydrogen) atoms. The lowest BCUT2D eigenvalue weighted by atomic mass is 10.0. The van der Waals surface area contributed by atoms with Crippen molar-refractivity contribution in [1.29, 1.82) is 0 Å². The molecule has 8 nitrogen and oxygen atoms in total. The van der Waals surface area contributed by atoms with Crippen LogP contribution in [-0.2, 0) is 10.0 Å². The first-order chi connectivity index (χ1) is 9.36. The average molecular weight is 320 g/mol. The van der Waals surface area contributed by atoms with Crippen LogP contribution in [0.3, 0.4) is 0 Å². The molecule has 1 aliphatic rings. The number of hydrogen-bond donors (Lipinski definition) is 2. The van der Waals surface area contributed by atoms with Crippen LogP contribution >= 0.6 is 11.3 Å². The van der Waals surface area contributed by atoms with Gasteiger partial charge in [0.1, 0.15) is 4.21 Å². The number of nitro groups is 1. The molecule has 3 N–H and O–H groups in total. The molecule has 112 valence electrons. The van der Waals surface area contributed by atoms with Gasteiger partial charge in [0.25, 0.3) is 10.0 Å². The van der Waals surface area contributed by atoms with Crippen molar-refractivity contribution < 1.29 is 13.3 Å². The fraction of sp³-hybridized carbons (Fsp3) is 0.600. The lowest BCUT2D eigenvalue weighted by molar-refractivity contribution is -0.383. The molecule has 1 saturated heterocycles. The van der Waals surface area contributed by atoms with Crippen molar-refractivity contribution in [2.45, 2.75) is 24.0 Å². The zero-order chi connectivity index (χ0) is 14.9. The highest BCUT2D eigenvalue weighted by Gasteiger charge is 2.32. The summed E-state index contributed by atoms with van der Waals surface area (Å²) < 4.78 is 26.2. The summed E-state index contributed by atoms with van der Waals surface area (Å²) in [6, 6.07) is 1.06. The van der Waals surface area contributed by atoms with E-state index >= 15 is 0 Å². The molecule has 2 heterocycles. The largest absolute Gasteiger partial charge is 0.310 e. The Balaban J connectivity index is 2.32. The van der Waals surface area contributed by atoms with Crippen LogP contribution in [0.1, 0.15) is 19.8 Å². The Morgan fingerprint density at radius 2 is 2.10 bits per heavy atom. The fourth-order valence-electron chi connectivity index (χ4n) is 2.08. The summed E-state index contributed by atoms with van der Waals surface area (Å²) in [5.41, 5.74) is 1.86. The minimum absolute atomic E-state index is 0.0407. The highest BCUT2D eigenvalue weighted by Crippen LogP contribution is 2.38. The highest BCUT2D eigenvalue weighted by atomic mass is 32.2. The molecule has 0 aromatic carbocycles. The average Bonchev–Trinajstić information content (AvgIpc) is 2.84. The smallest absolute Gasteiger partial charge is 0.306 e. The molecule has 0 amide bonds. The summed E-state index contributed by atoms with van der Waals surface area (Å²) in [5, 5.41) is 10.9. The van der Waals surface area contributed by atoms with E-state index in [1.807, 2.05) is 0 Å². The molecular formula is C10H16N4O4S2. The monoisotopic (exact) mass is 320 g/mol. The van der Waals surface area contributed by atoms with Gasteiger partial charge in [-0.15, -0.1) is 0 Å². The number of nitrogens with two attached hydrogens (primary N) is 1. The Morgan fingerprint density at radius 3 is 2.55 bits per heavy atom. The molecule has 0 radical (unpaired) electrons. The van der Waals surface area contributed by atoms with Gasteiger partial charge in [0, 0.05) is 19.2 Å². The summed E-state index contributed by atoms with van der Waals surface area (Å²) in [4.78, 5) is 10.2. The summed E-state index contributed by atoms with van der Waals surface area (Å²) in [6.45, 7) is 2.97. The Kier molecular flexibility index (Phi) is 4.28. The van der Waals surface area contributed by atoms with Crippen LogP contribution in [0.25, 0.3) is 0 Å². The van der Waals surface area contributed by atoms with Crippen LogP contribution in [0.4, 0.5) is 10.7 Å². The Bertz CT molecular complexity index is 605. The molecule has 0 saturated carbocycles. The van der Waals surface area contributed by atoms with Gasteiger partial charge in [-0.1, -0.05) is 18.3 Å². The van der Waals surface area contributed by atoms with Gasteiger partial charge >= 0.3 is 5.69 Å². The minimum atomic E-state index is -3.68. The van der Waals surface area contributed by atoms with Gasteiger partial charge in [-0.3, -0.25) is 10.1 Å². The number of piperidine rings is 1. The van der Waals surface area contributed by atoms with E-state index in [1.165, 1.54) is 4.31 Å². The maximum absolute atomic E-state index is 12.4. The lowest BCUT2D eigenvalue weighted by Crippen LogP contribution is -2.37. The minimum Gasteiger partial charge on any atom is -0.310 e. The van der Waals surface area contributed by atoms with Gasteiger partial charge in [0.15, 0.2) is 5.00 Å². The van der Waals surface area contributed by atoms with E-state index in [2.05, 4.69) is 12.3 Å². The van der Waals surface area contributed by atoms with Crippen molar-refractivity contribution in [1.82, 2.24) is 4.31 Å². The van der Waals surface area contributed by atoms with Gasteiger partial charge in [-0.25, -0.2) is 14.3 Å². The van der Waals surface area contributed by atoms with Crippen LogP contribution in [0.5, 0.6) is 0 Å². The molecule has 1 aromatic heterocycles. The predicted molar refractivity (Wildman–Crippen MR) is 75.9 cm³/mol. The molecule has 1 fully saturated rings. The third-order valence-corrected chi connectivity index (χ3v) is 6.76. The second-order valence-corrected chi connectivity index (χ2v) is 7.98. The van der Waals surface area contributed by atoms with Crippen LogP contribution in [0.2, 0.25) is 0 Å². The normalized spacial score (nSPS) is 18.1. The van der Waals surface area contributed by atoms with Gasteiger partial charge in [-0.05, 0) is 18.8 Å². The number of nitrogens with zero attached hydrogens (tertiary/aromatic N) is 2. The third-order valence-electron chi connectivity index (χ3n) is 3.35. The van der Waals surface area contributed by atoms with Crippen LogP contribution in [-0.4, -0.2) is 30.7 Å². The maximum atomic E-state index is 12.4. The molecule has 0 bridgehead atoms. The van der Waals surface area contributed by atoms with Crippen LogP contribution in [0.15, 0.2) is 10.3 Å². The van der Waals surface area contributed by atoms with Crippen molar-refractivity contribution in [3.05, 3.63) is 16.2 Å². The zero-order valence-corrected chi connectivity index (χ0v) is 12.5. The Hall–Kier alpha value is -1.23. The van der Waals surface area contributed by atoms with Crippen molar-refractivity contribution >= 4 is 32.0 Å². The second-order valence-electron chi connectivity index (χ2n) is 4.77. The van der Waals surface area contributed by atoms with E-state index in [9.17, 15) is 18.5 Å². The molecule has 0 spiro atoms. The lowest BCUT2D eigenvalue weighted by Gasteiger charge is -2.28. The van der Waals surface area contributed by atoms with E-state index in [0.717, 1.165) is 30.2 Å². The van der Waals surface area contributed by atoms with Crippen LogP contribution in [0, 0.1) is 16.0 Å². The molecule has 0 aliphatic carbocycles. The number of rotatable bonds is 4. The van der Waals surface area contributed by atoms with E-state index < -0.39 is 14.9 Å². The standard InChI is InChI=1S/C10H16N4O4S2/c1-7-2-4-13(5-3-7)20(17,18)9-6-8(14(15)16)10(12-11)19-9/h6-7,12H,2-5,11H2,1H3. The molecule has 2 rings (SSSR count). The summed E-state index contributed by atoms with van der Waals surface area (Å²) in [5.74, 6) is 5.69. The zero-order valence-electron chi connectivity index (χ0n) is 10.9. The van der Waals surface area contributed by atoms with Crippen molar-refractivity contribution in [3.8, 4) is 0 Å². The Morgan fingerprint density at radius 1 is 1.50 bits per heavy atom. The van der Waals surface area contributed by atoms with E-state index in [-0.39, 0.29) is 14.9 Å². The Labute approximate surface area is 120 Å².